The van der Waals surface area contributed by atoms with E-state index in [9.17, 15) is 10.5 Å². The summed E-state index contributed by atoms with van der Waals surface area (Å²) in [5.41, 5.74) is 5.91. The maximum atomic E-state index is 10.7. The fraction of sp³-hybridized carbons (Fsp3) is 0.233. The summed E-state index contributed by atoms with van der Waals surface area (Å²) in [4.78, 5) is 8.20. The molecule has 1 atom stereocenters. The molecule has 0 amide bonds. The number of H-pyrrole nitrogens is 1. The number of nitrogens with one attached hydrogen (secondary N) is 1. The van der Waals surface area contributed by atoms with Crippen LogP contribution in [0, 0.1) is 28.6 Å². The largest absolute Gasteiger partial charge is 0.493 e. The van der Waals surface area contributed by atoms with E-state index < -0.39 is 0 Å². The van der Waals surface area contributed by atoms with E-state index >= 15 is 0 Å². The van der Waals surface area contributed by atoms with Gasteiger partial charge >= 0.3 is 0 Å². The lowest BCUT2D eigenvalue weighted by atomic mass is 10.0. The van der Waals surface area contributed by atoms with Gasteiger partial charge in [0, 0.05) is 24.0 Å². The lowest BCUT2D eigenvalue weighted by Crippen LogP contribution is -2.18. The van der Waals surface area contributed by atoms with E-state index in [2.05, 4.69) is 59.2 Å². The van der Waals surface area contributed by atoms with E-state index in [0.29, 0.717) is 34.7 Å². The van der Waals surface area contributed by atoms with Gasteiger partial charge in [0.2, 0.25) is 0 Å². The molecule has 2 aromatic carbocycles. The van der Waals surface area contributed by atoms with Gasteiger partial charge in [-0.1, -0.05) is 100 Å². The molecule has 0 aliphatic carbocycles. The van der Waals surface area contributed by atoms with Crippen LogP contribution >= 0.6 is 0 Å². The van der Waals surface area contributed by atoms with Crippen LogP contribution in [0.25, 0.3) is 44.4 Å². The fourth-order valence-corrected chi connectivity index (χ4v) is 6.32. The van der Waals surface area contributed by atoms with Crippen molar-refractivity contribution < 1.29 is 4.74 Å². The molecule has 0 saturated carbocycles. The summed E-state index contributed by atoms with van der Waals surface area (Å²) in [6.07, 6.45) is 13.7. The lowest BCUT2D eigenvalue weighted by Gasteiger charge is -2.16. The minimum absolute atomic E-state index is 0.420. The van der Waals surface area contributed by atoms with Crippen molar-refractivity contribution in [3.05, 3.63) is 132 Å². The first kappa shape index (κ1) is 34.5. The van der Waals surface area contributed by atoms with Crippen LogP contribution in [0.15, 0.2) is 115 Å². The number of aromatic amines is 1. The van der Waals surface area contributed by atoms with Gasteiger partial charge in [-0.25, -0.2) is 0 Å². The Morgan fingerprint density at radius 3 is 2.35 bits per heavy atom. The molecule has 246 valence electrons. The number of pyridine rings is 1. The standard InChI is InChI=1S/C43H43N5O/c1-6-9-12-17-30(4)35(27-44)43-38-39(42(48(43)5)33-22-24-34(25-23-33)49-29-31(8-3)18-10-7-2)41(36(28-45)37-21-15-16-26-46-37)47-40(38)32-19-13-11-14-20-32/h6,9,11-17,19-26,31,47H,1,7-8,10,18,29H2,2-5H3/b12-9-,30-17+,41-36-,43-35-. The molecule has 0 fully saturated rings. The molecule has 5 rings (SSSR count). The van der Waals surface area contributed by atoms with Crippen LogP contribution in [0.3, 0.4) is 0 Å². The van der Waals surface area contributed by atoms with E-state index in [1.165, 1.54) is 12.8 Å². The van der Waals surface area contributed by atoms with Crippen LogP contribution in [0.2, 0.25) is 0 Å². The highest BCUT2D eigenvalue weighted by Crippen LogP contribution is 2.34. The molecular weight excluding hydrogens is 603 g/mol. The first-order valence-electron chi connectivity index (χ1n) is 16.9. The van der Waals surface area contributed by atoms with Crippen molar-refractivity contribution in [2.24, 2.45) is 13.0 Å². The molecule has 6 heteroatoms. The zero-order valence-corrected chi connectivity index (χ0v) is 28.8. The van der Waals surface area contributed by atoms with Crippen molar-refractivity contribution in [1.82, 2.24) is 14.5 Å². The van der Waals surface area contributed by atoms with E-state index in [1.54, 1.807) is 12.3 Å². The zero-order chi connectivity index (χ0) is 34.8. The van der Waals surface area contributed by atoms with Crippen molar-refractivity contribution >= 4 is 21.9 Å². The molecule has 0 aliphatic heterocycles. The highest BCUT2D eigenvalue weighted by molar-refractivity contribution is 6.08. The SMILES string of the molecule is C=C\C=C/C=C(C)/C(C#N)=c1/c2c(-c3ccccc3)[nH]/c(=C(/C#N)c3ccccn3)c2c(-c2ccc(OCC(CC)CCCC)cc2)n1C. The van der Waals surface area contributed by atoms with Crippen LogP contribution in [0.4, 0.5) is 0 Å². The number of rotatable bonds is 13. The number of nitriles is 2. The predicted octanol–water partition coefficient (Wildman–Crippen LogP) is 8.92. The van der Waals surface area contributed by atoms with Crippen molar-refractivity contribution in [3.63, 3.8) is 0 Å². The van der Waals surface area contributed by atoms with Gasteiger partial charge in [-0.2, -0.15) is 10.5 Å². The van der Waals surface area contributed by atoms with Gasteiger partial charge in [0.05, 0.1) is 40.0 Å². The molecule has 1 unspecified atom stereocenters. The summed E-state index contributed by atoms with van der Waals surface area (Å²) in [6.45, 7) is 10.8. The second-order valence-electron chi connectivity index (χ2n) is 12.2. The fourth-order valence-electron chi connectivity index (χ4n) is 6.32. The Morgan fingerprint density at radius 2 is 1.71 bits per heavy atom. The van der Waals surface area contributed by atoms with Gasteiger partial charge in [-0.05, 0) is 72.4 Å². The molecule has 49 heavy (non-hydrogen) atoms. The molecule has 0 aliphatic rings. The normalized spacial score (nSPS) is 13.6. The van der Waals surface area contributed by atoms with Crippen molar-refractivity contribution in [3.8, 4) is 40.4 Å². The number of hydrogen-bond acceptors (Lipinski definition) is 4. The zero-order valence-electron chi connectivity index (χ0n) is 28.8. The van der Waals surface area contributed by atoms with E-state index in [-0.39, 0.29) is 0 Å². The maximum Gasteiger partial charge on any atom is 0.119 e. The third-order valence-electron chi connectivity index (χ3n) is 8.98. The number of ether oxygens (including phenoxy) is 1. The number of fused-ring (bicyclic) bond motifs is 1. The quantitative estimate of drug-likeness (QED) is 0.130. The summed E-state index contributed by atoms with van der Waals surface area (Å²) >= 11 is 0. The summed E-state index contributed by atoms with van der Waals surface area (Å²) < 4.78 is 8.35. The number of benzene rings is 2. The van der Waals surface area contributed by atoms with Crippen molar-refractivity contribution in [2.45, 2.75) is 46.5 Å². The first-order chi connectivity index (χ1) is 24.0. The van der Waals surface area contributed by atoms with Gasteiger partial charge in [0.25, 0.3) is 0 Å². The minimum atomic E-state index is 0.420. The van der Waals surface area contributed by atoms with Crippen LogP contribution in [0.5, 0.6) is 5.75 Å². The number of aromatic nitrogens is 3. The second-order valence-corrected chi connectivity index (χ2v) is 12.2. The Balaban J connectivity index is 1.87. The van der Waals surface area contributed by atoms with Gasteiger partial charge < -0.3 is 14.3 Å². The summed E-state index contributed by atoms with van der Waals surface area (Å²) in [6, 6.07) is 28.7. The average molecular weight is 646 g/mol. The summed E-state index contributed by atoms with van der Waals surface area (Å²) in [7, 11) is 1.99. The van der Waals surface area contributed by atoms with E-state index in [1.807, 2.05) is 92.9 Å². The number of allylic oxidation sites excluding steroid dienone is 5. The molecule has 3 aromatic heterocycles. The Labute approximate surface area is 289 Å². The Morgan fingerprint density at radius 1 is 0.959 bits per heavy atom. The molecule has 6 nitrogen and oxygen atoms in total. The molecule has 3 heterocycles. The Bertz CT molecular complexity index is 2190. The smallest absolute Gasteiger partial charge is 0.119 e. The molecular formula is C43H43N5O. The third kappa shape index (κ3) is 7.35. The van der Waals surface area contributed by atoms with Gasteiger partial charge in [0.15, 0.2) is 0 Å². The molecule has 0 saturated heterocycles. The van der Waals surface area contributed by atoms with Crippen LogP contribution < -0.4 is 15.4 Å². The molecule has 0 spiro atoms. The van der Waals surface area contributed by atoms with Crippen LogP contribution in [0.1, 0.15) is 52.1 Å². The topological polar surface area (TPSA) is 90.4 Å². The number of unbranched alkanes of at least 4 members (excludes halogenated alkanes) is 1. The lowest BCUT2D eigenvalue weighted by molar-refractivity contribution is 0.233. The number of nitrogens with zero attached hydrogens (tertiary/aromatic N) is 4. The maximum absolute atomic E-state index is 10.7. The van der Waals surface area contributed by atoms with Crippen molar-refractivity contribution in [1.29, 1.82) is 10.5 Å². The molecule has 0 bridgehead atoms. The monoisotopic (exact) mass is 645 g/mol. The van der Waals surface area contributed by atoms with E-state index in [0.717, 1.165) is 62.8 Å². The molecule has 0 radical (unpaired) electrons. The van der Waals surface area contributed by atoms with Crippen molar-refractivity contribution in [2.75, 3.05) is 6.61 Å². The molecule has 5 aromatic rings. The second kappa shape index (κ2) is 16.3. The Hall–Kier alpha value is -5.85. The highest BCUT2D eigenvalue weighted by atomic mass is 16.5. The third-order valence-corrected chi connectivity index (χ3v) is 8.98. The van der Waals surface area contributed by atoms with Crippen LogP contribution in [-0.4, -0.2) is 21.1 Å². The van der Waals surface area contributed by atoms with Gasteiger partial charge in [-0.3, -0.25) is 4.98 Å². The summed E-state index contributed by atoms with van der Waals surface area (Å²) in [5.74, 6) is 1.34. The van der Waals surface area contributed by atoms with E-state index in [4.69, 9.17) is 4.74 Å². The average Bonchev–Trinajstić information content (AvgIpc) is 3.65. The predicted molar refractivity (Wildman–Crippen MR) is 201 cm³/mol. The highest BCUT2D eigenvalue weighted by Gasteiger charge is 2.24. The number of hydrogen-bond donors (Lipinski definition) is 1. The minimum Gasteiger partial charge on any atom is -0.493 e. The first-order valence-corrected chi connectivity index (χ1v) is 16.9. The molecule has 1 N–H and O–H groups in total. The van der Waals surface area contributed by atoms with Crippen LogP contribution in [-0.2, 0) is 7.05 Å². The van der Waals surface area contributed by atoms with Gasteiger partial charge in [0.1, 0.15) is 23.5 Å². The summed E-state index contributed by atoms with van der Waals surface area (Å²) in [5, 5.41) is 24.5. The Kier molecular flexibility index (Phi) is 11.5. The van der Waals surface area contributed by atoms with Gasteiger partial charge in [-0.15, -0.1) is 0 Å².